The van der Waals surface area contributed by atoms with E-state index in [9.17, 15) is 9.59 Å². The molecular formula is C12H12N4O3. The van der Waals surface area contributed by atoms with Gasteiger partial charge in [0.25, 0.3) is 5.91 Å². The van der Waals surface area contributed by atoms with Gasteiger partial charge >= 0.3 is 5.97 Å². The van der Waals surface area contributed by atoms with Crippen LogP contribution in [0.1, 0.15) is 26.5 Å². The Balaban J connectivity index is 1.87. The van der Waals surface area contributed by atoms with Crippen molar-refractivity contribution in [2.45, 2.75) is 6.42 Å². The first kappa shape index (κ1) is 12.7. The number of hydrogen-bond donors (Lipinski definition) is 3. The highest BCUT2D eigenvalue weighted by Gasteiger charge is 2.08. The van der Waals surface area contributed by atoms with Crippen molar-refractivity contribution in [3.05, 3.63) is 47.8 Å². The maximum atomic E-state index is 11.7. The number of hydrogen-bond acceptors (Lipinski definition) is 4. The molecule has 7 nitrogen and oxygen atoms in total. The normalized spacial score (nSPS) is 10.1. The zero-order chi connectivity index (χ0) is 13.7. The summed E-state index contributed by atoms with van der Waals surface area (Å²) in [6.45, 7) is 0.448. The van der Waals surface area contributed by atoms with Gasteiger partial charge in [-0.2, -0.15) is 0 Å². The summed E-state index contributed by atoms with van der Waals surface area (Å²) in [6, 6.07) is 2.73. The minimum absolute atomic E-state index is 0.0500. The Morgan fingerprint density at radius 3 is 2.74 bits per heavy atom. The van der Waals surface area contributed by atoms with Crippen molar-refractivity contribution in [1.29, 1.82) is 0 Å². The van der Waals surface area contributed by atoms with E-state index in [-0.39, 0.29) is 17.2 Å². The van der Waals surface area contributed by atoms with Crippen molar-refractivity contribution in [1.82, 2.24) is 20.3 Å². The molecule has 7 heteroatoms. The molecule has 0 unspecified atom stereocenters. The van der Waals surface area contributed by atoms with Crippen LogP contribution in [0, 0.1) is 0 Å². The molecule has 0 atom stereocenters. The van der Waals surface area contributed by atoms with Gasteiger partial charge in [0.1, 0.15) is 5.69 Å². The maximum absolute atomic E-state index is 11.7. The van der Waals surface area contributed by atoms with Crippen LogP contribution < -0.4 is 5.32 Å². The number of aromatic nitrogens is 3. The number of carbonyl (C=O) groups is 2. The van der Waals surface area contributed by atoms with Crippen molar-refractivity contribution < 1.29 is 14.7 Å². The van der Waals surface area contributed by atoms with Gasteiger partial charge < -0.3 is 15.4 Å². The summed E-state index contributed by atoms with van der Waals surface area (Å²) in [7, 11) is 0. The van der Waals surface area contributed by atoms with Gasteiger partial charge in [-0.25, -0.2) is 9.78 Å². The maximum Gasteiger partial charge on any atom is 0.337 e. The lowest BCUT2D eigenvalue weighted by atomic mass is 10.2. The summed E-state index contributed by atoms with van der Waals surface area (Å²) in [5, 5.41) is 11.4. The summed E-state index contributed by atoms with van der Waals surface area (Å²) in [5.74, 6) is -1.41. The Morgan fingerprint density at radius 1 is 1.32 bits per heavy atom. The highest BCUT2D eigenvalue weighted by Crippen LogP contribution is 2.00. The minimum atomic E-state index is -1.07. The molecule has 2 aromatic heterocycles. The minimum Gasteiger partial charge on any atom is -0.478 e. The first-order valence-corrected chi connectivity index (χ1v) is 5.61. The molecule has 0 saturated carbocycles. The number of carboxylic acid groups (broad SMARTS) is 1. The molecule has 3 N–H and O–H groups in total. The predicted molar refractivity (Wildman–Crippen MR) is 65.8 cm³/mol. The average molecular weight is 260 g/mol. The molecule has 0 bridgehead atoms. The monoisotopic (exact) mass is 260 g/mol. The lowest BCUT2D eigenvalue weighted by molar-refractivity contribution is 0.0695. The lowest BCUT2D eigenvalue weighted by Gasteiger charge is -2.03. The number of carboxylic acids is 1. The zero-order valence-corrected chi connectivity index (χ0v) is 9.96. The van der Waals surface area contributed by atoms with Crippen LogP contribution in [0.25, 0.3) is 0 Å². The number of pyridine rings is 1. The predicted octanol–water partition coefficient (Wildman–Crippen LogP) is 0.475. The summed E-state index contributed by atoms with van der Waals surface area (Å²) in [4.78, 5) is 32.9. The smallest absolute Gasteiger partial charge is 0.337 e. The lowest BCUT2D eigenvalue weighted by Crippen LogP contribution is -2.26. The zero-order valence-electron chi connectivity index (χ0n) is 9.96. The van der Waals surface area contributed by atoms with Gasteiger partial charge in [-0.15, -0.1) is 0 Å². The van der Waals surface area contributed by atoms with E-state index >= 15 is 0 Å². The molecule has 0 aliphatic carbocycles. The quantitative estimate of drug-likeness (QED) is 0.724. The van der Waals surface area contributed by atoms with Gasteiger partial charge in [0.2, 0.25) is 0 Å². The molecule has 2 heterocycles. The second-order valence-electron chi connectivity index (χ2n) is 3.82. The molecule has 19 heavy (non-hydrogen) atoms. The van der Waals surface area contributed by atoms with Gasteiger partial charge in [0.15, 0.2) is 0 Å². The van der Waals surface area contributed by atoms with Crippen molar-refractivity contribution in [3.8, 4) is 0 Å². The van der Waals surface area contributed by atoms with E-state index in [1.165, 1.54) is 12.1 Å². The Kier molecular flexibility index (Phi) is 3.87. The number of aromatic amines is 1. The number of carbonyl (C=O) groups excluding carboxylic acids is 1. The number of H-pyrrole nitrogens is 1. The van der Waals surface area contributed by atoms with Crippen molar-refractivity contribution in [3.63, 3.8) is 0 Å². The second kappa shape index (κ2) is 5.76. The highest BCUT2D eigenvalue weighted by molar-refractivity contribution is 5.93. The number of nitrogens with zero attached hydrogens (tertiary/aromatic N) is 2. The van der Waals surface area contributed by atoms with Crippen LogP contribution in [0.3, 0.4) is 0 Å². The number of imidazole rings is 1. The Hall–Kier alpha value is -2.70. The Morgan fingerprint density at radius 2 is 2.16 bits per heavy atom. The fourth-order valence-electron chi connectivity index (χ4n) is 1.48. The fourth-order valence-corrected chi connectivity index (χ4v) is 1.48. The van der Waals surface area contributed by atoms with Crippen molar-refractivity contribution in [2.24, 2.45) is 0 Å². The van der Waals surface area contributed by atoms with Crippen molar-refractivity contribution >= 4 is 11.9 Å². The van der Waals surface area contributed by atoms with Gasteiger partial charge in [0.05, 0.1) is 11.9 Å². The standard InChI is InChI=1S/C12H12N4O3/c17-11(14-4-3-9-6-13-7-16-9)10-2-1-8(5-15-10)12(18)19/h1-2,5-7H,3-4H2,(H,13,16)(H,14,17)(H,18,19). The molecule has 2 rings (SSSR count). The summed E-state index contributed by atoms with van der Waals surface area (Å²) >= 11 is 0. The summed E-state index contributed by atoms with van der Waals surface area (Å²) in [5.41, 5.74) is 1.16. The SMILES string of the molecule is O=C(O)c1ccc(C(=O)NCCc2cnc[nH]2)nc1. The van der Waals surface area contributed by atoms with Crippen LogP contribution in [0.5, 0.6) is 0 Å². The largest absolute Gasteiger partial charge is 0.478 e. The topological polar surface area (TPSA) is 108 Å². The van der Waals surface area contributed by atoms with Gasteiger partial charge in [0, 0.05) is 31.1 Å². The van der Waals surface area contributed by atoms with Crippen LogP contribution >= 0.6 is 0 Å². The molecule has 0 saturated heterocycles. The van der Waals surface area contributed by atoms with E-state index in [0.29, 0.717) is 13.0 Å². The molecule has 0 spiro atoms. The molecule has 0 radical (unpaired) electrons. The first-order chi connectivity index (χ1) is 9.16. The van der Waals surface area contributed by atoms with E-state index in [2.05, 4.69) is 20.3 Å². The van der Waals surface area contributed by atoms with Gasteiger partial charge in [-0.1, -0.05) is 0 Å². The summed E-state index contributed by atoms with van der Waals surface area (Å²) in [6.07, 6.45) is 5.06. The van der Waals surface area contributed by atoms with Crippen LogP contribution in [0.2, 0.25) is 0 Å². The van der Waals surface area contributed by atoms with E-state index in [1.54, 1.807) is 12.5 Å². The van der Waals surface area contributed by atoms with E-state index < -0.39 is 5.97 Å². The molecular weight excluding hydrogens is 248 g/mol. The van der Waals surface area contributed by atoms with E-state index in [1.807, 2.05) is 0 Å². The number of aromatic carboxylic acids is 1. The molecule has 0 aliphatic rings. The first-order valence-electron chi connectivity index (χ1n) is 5.61. The van der Waals surface area contributed by atoms with E-state index in [0.717, 1.165) is 11.9 Å². The Bertz CT molecular complexity index is 563. The van der Waals surface area contributed by atoms with Crippen LogP contribution in [-0.4, -0.2) is 38.5 Å². The third-order valence-corrected chi connectivity index (χ3v) is 2.48. The van der Waals surface area contributed by atoms with Crippen LogP contribution in [-0.2, 0) is 6.42 Å². The average Bonchev–Trinajstić information content (AvgIpc) is 2.92. The Labute approximate surface area is 108 Å². The van der Waals surface area contributed by atoms with Crippen LogP contribution in [0.4, 0.5) is 0 Å². The number of rotatable bonds is 5. The van der Waals surface area contributed by atoms with Crippen molar-refractivity contribution in [2.75, 3.05) is 6.54 Å². The second-order valence-corrected chi connectivity index (χ2v) is 3.82. The number of amides is 1. The third kappa shape index (κ3) is 3.38. The molecule has 98 valence electrons. The van der Waals surface area contributed by atoms with Gasteiger partial charge in [-0.3, -0.25) is 9.78 Å². The highest BCUT2D eigenvalue weighted by atomic mass is 16.4. The third-order valence-electron chi connectivity index (χ3n) is 2.48. The molecule has 2 aromatic rings. The fraction of sp³-hybridized carbons (Fsp3) is 0.167. The molecule has 0 aromatic carbocycles. The van der Waals surface area contributed by atoms with E-state index in [4.69, 9.17) is 5.11 Å². The van der Waals surface area contributed by atoms with Crippen LogP contribution in [0.15, 0.2) is 30.9 Å². The molecule has 0 fully saturated rings. The number of nitrogens with one attached hydrogen (secondary N) is 2. The summed E-state index contributed by atoms with van der Waals surface area (Å²) < 4.78 is 0. The molecule has 0 aliphatic heterocycles. The van der Waals surface area contributed by atoms with Gasteiger partial charge in [-0.05, 0) is 12.1 Å². The molecule has 1 amide bonds.